The maximum Gasteiger partial charge on any atom is 0.341 e. The molecule has 0 amide bonds. The highest BCUT2D eigenvalue weighted by Gasteiger charge is 2.29. The largest absolute Gasteiger partial charge is 0.477 e. The van der Waals surface area contributed by atoms with Gasteiger partial charge in [-0.15, -0.1) is 0 Å². The Kier molecular flexibility index (Phi) is 4.82. The van der Waals surface area contributed by atoms with Gasteiger partial charge in [0, 0.05) is 24.8 Å². The van der Waals surface area contributed by atoms with Crippen molar-refractivity contribution in [2.75, 3.05) is 18.4 Å². The fraction of sp³-hybridized carbons (Fsp3) is 0.474. The molecule has 1 saturated heterocycles. The summed E-state index contributed by atoms with van der Waals surface area (Å²) < 4.78 is 16.6. The predicted octanol–water partition coefficient (Wildman–Crippen LogP) is 3.38. The van der Waals surface area contributed by atoms with Crippen LogP contribution in [0.5, 0.6) is 0 Å². The van der Waals surface area contributed by atoms with Gasteiger partial charge < -0.3 is 20.3 Å². The number of carboxylic acid groups (broad SMARTS) is 1. The molecular weight excluding hydrogens is 373 g/mol. The van der Waals surface area contributed by atoms with E-state index in [9.17, 15) is 19.1 Å². The van der Waals surface area contributed by atoms with Gasteiger partial charge in [0.15, 0.2) is 0 Å². The number of carboxylic acids is 1. The first-order valence-electron chi connectivity index (χ1n) is 9.24. The number of anilines is 1. The highest BCUT2D eigenvalue weighted by molar-refractivity contribution is 6.38. The lowest BCUT2D eigenvalue weighted by atomic mass is 10.1. The molecule has 144 valence electrons. The first-order valence-corrected chi connectivity index (χ1v) is 9.62. The molecular formula is C19H21ClFN3O3. The summed E-state index contributed by atoms with van der Waals surface area (Å²) in [6.45, 7) is 1.65. The Labute approximate surface area is 160 Å². The third-order valence-electron chi connectivity index (χ3n) is 5.27. The molecule has 2 aliphatic rings. The number of nitrogens with one attached hydrogen (secondary N) is 2. The molecule has 1 atom stereocenters. The molecule has 2 aromatic rings. The van der Waals surface area contributed by atoms with Crippen molar-refractivity contribution in [3.05, 3.63) is 38.9 Å². The number of aromatic nitrogens is 1. The van der Waals surface area contributed by atoms with Crippen LogP contribution in [0.2, 0.25) is 5.02 Å². The molecule has 0 spiro atoms. The summed E-state index contributed by atoms with van der Waals surface area (Å²) in [5, 5.41) is 16.0. The molecule has 1 saturated carbocycles. The van der Waals surface area contributed by atoms with Gasteiger partial charge in [-0.2, -0.15) is 0 Å². The van der Waals surface area contributed by atoms with Crippen LogP contribution in [0.4, 0.5) is 10.1 Å². The fourth-order valence-corrected chi connectivity index (χ4v) is 4.06. The minimum Gasteiger partial charge on any atom is -0.477 e. The molecule has 1 aliphatic heterocycles. The molecule has 1 aromatic carbocycles. The van der Waals surface area contributed by atoms with E-state index in [1.165, 1.54) is 6.20 Å². The molecule has 0 bridgehead atoms. The number of carbonyl (C=O) groups is 1. The Morgan fingerprint density at radius 1 is 1.33 bits per heavy atom. The zero-order chi connectivity index (χ0) is 19.1. The standard InChI is InChI=1S/C19H21ClFN3O3/c20-15-16(23-10-3-1-2-6-22-8-10)14(21)7-12-17(15)24(11-4-5-11)9-13(18(12)25)19(26)27/h7,9-11,22-23H,1-6,8H2,(H,26,27)/t10-/m1/s1. The number of fused-ring (bicyclic) bond motifs is 1. The average molecular weight is 394 g/mol. The van der Waals surface area contributed by atoms with Gasteiger partial charge in [-0.3, -0.25) is 4.79 Å². The summed E-state index contributed by atoms with van der Waals surface area (Å²) in [6.07, 6.45) is 6.09. The number of pyridine rings is 1. The van der Waals surface area contributed by atoms with Gasteiger partial charge in [-0.1, -0.05) is 18.0 Å². The van der Waals surface area contributed by atoms with E-state index in [4.69, 9.17) is 11.6 Å². The topological polar surface area (TPSA) is 83.4 Å². The lowest BCUT2D eigenvalue weighted by molar-refractivity contribution is 0.0695. The van der Waals surface area contributed by atoms with Crippen LogP contribution in [0, 0.1) is 5.82 Å². The molecule has 1 aromatic heterocycles. The summed E-state index contributed by atoms with van der Waals surface area (Å²) in [4.78, 5) is 24.0. The minimum atomic E-state index is -1.32. The van der Waals surface area contributed by atoms with Crippen LogP contribution in [0.3, 0.4) is 0 Å². The Balaban J connectivity index is 1.87. The Morgan fingerprint density at radius 3 is 2.81 bits per heavy atom. The van der Waals surface area contributed by atoms with E-state index in [0.29, 0.717) is 12.1 Å². The van der Waals surface area contributed by atoms with Gasteiger partial charge in [-0.25, -0.2) is 9.18 Å². The molecule has 1 aliphatic carbocycles. The monoisotopic (exact) mass is 393 g/mol. The highest BCUT2D eigenvalue weighted by Crippen LogP contribution is 2.41. The van der Waals surface area contributed by atoms with E-state index in [2.05, 4.69) is 10.6 Å². The number of benzene rings is 1. The van der Waals surface area contributed by atoms with Crippen molar-refractivity contribution in [2.45, 2.75) is 44.2 Å². The van der Waals surface area contributed by atoms with E-state index < -0.39 is 17.2 Å². The van der Waals surface area contributed by atoms with Crippen LogP contribution in [0.25, 0.3) is 10.9 Å². The Bertz CT molecular complexity index is 963. The summed E-state index contributed by atoms with van der Waals surface area (Å²) in [7, 11) is 0. The van der Waals surface area contributed by atoms with Crippen molar-refractivity contribution in [1.82, 2.24) is 9.88 Å². The third kappa shape index (κ3) is 3.41. The highest BCUT2D eigenvalue weighted by atomic mass is 35.5. The third-order valence-corrected chi connectivity index (χ3v) is 5.64. The summed E-state index contributed by atoms with van der Waals surface area (Å²) in [5.41, 5.74) is -0.495. The predicted molar refractivity (Wildman–Crippen MR) is 103 cm³/mol. The molecule has 2 fully saturated rings. The van der Waals surface area contributed by atoms with Gasteiger partial charge >= 0.3 is 5.97 Å². The first-order chi connectivity index (χ1) is 13.0. The van der Waals surface area contributed by atoms with E-state index in [-0.39, 0.29) is 33.7 Å². The fourth-order valence-electron chi connectivity index (χ4n) is 3.71. The smallest absolute Gasteiger partial charge is 0.341 e. The van der Waals surface area contributed by atoms with E-state index in [1.54, 1.807) is 4.57 Å². The van der Waals surface area contributed by atoms with Crippen LogP contribution < -0.4 is 16.1 Å². The molecule has 6 nitrogen and oxygen atoms in total. The molecule has 0 unspecified atom stereocenters. The number of hydrogen-bond donors (Lipinski definition) is 3. The number of hydrogen-bond acceptors (Lipinski definition) is 4. The van der Waals surface area contributed by atoms with Gasteiger partial charge in [-0.05, 0) is 38.3 Å². The maximum absolute atomic E-state index is 14.8. The van der Waals surface area contributed by atoms with Crippen LogP contribution in [-0.2, 0) is 0 Å². The van der Waals surface area contributed by atoms with Gasteiger partial charge in [0.05, 0.1) is 21.6 Å². The van der Waals surface area contributed by atoms with Crippen LogP contribution in [-0.4, -0.2) is 34.8 Å². The zero-order valence-corrected chi connectivity index (χ0v) is 15.5. The number of rotatable bonds is 4. The van der Waals surface area contributed by atoms with Crippen LogP contribution >= 0.6 is 11.6 Å². The molecule has 8 heteroatoms. The van der Waals surface area contributed by atoms with Gasteiger partial charge in [0.2, 0.25) is 5.43 Å². The van der Waals surface area contributed by atoms with E-state index in [0.717, 1.165) is 44.7 Å². The molecule has 2 heterocycles. The number of aromatic carboxylic acids is 1. The molecule has 3 N–H and O–H groups in total. The molecule has 27 heavy (non-hydrogen) atoms. The number of nitrogens with zero attached hydrogens (tertiary/aromatic N) is 1. The second kappa shape index (κ2) is 7.13. The summed E-state index contributed by atoms with van der Waals surface area (Å²) in [6, 6.07) is 1.24. The quantitative estimate of drug-likeness (QED) is 0.741. The summed E-state index contributed by atoms with van der Waals surface area (Å²) in [5.74, 6) is -1.96. The summed E-state index contributed by atoms with van der Waals surface area (Å²) >= 11 is 6.56. The van der Waals surface area contributed by atoms with Crippen molar-refractivity contribution >= 4 is 34.2 Å². The normalized spacial score (nSPS) is 20.4. The van der Waals surface area contributed by atoms with Gasteiger partial charge in [0.1, 0.15) is 11.4 Å². The lowest BCUT2D eigenvalue weighted by Crippen LogP contribution is -2.31. The van der Waals surface area contributed by atoms with Crippen molar-refractivity contribution in [3.63, 3.8) is 0 Å². The molecule has 0 radical (unpaired) electrons. The van der Waals surface area contributed by atoms with Crippen molar-refractivity contribution < 1.29 is 14.3 Å². The maximum atomic E-state index is 14.8. The van der Waals surface area contributed by atoms with Crippen LogP contribution in [0.15, 0.2) is 17.1 Å². The second-order valence-electron chi connectivity index (χ2n) is 7.30. The second-order valence-corrected chi connectivity index (χ2v) is 7.68. The number of halogens is 2. The van der Waals surface area contributed by atoms with Crippen molar-refractivity contribution in [2.24, 2.45) is 0 Å². The Hall–Kier alpha value is -2.12. The van der Waals surface area contributed by atoms with Crippen molar-refractivity contribution in [3.8, 4) is 0 Å². The average Bonchev–Trinajstić information content (AvgIpc) is 3.46. The molecule has 4 rings (SSSR count). The first kappa shape index (κ1) is 18.3. The van der Waals surface area contributed by atoms with E-state index >= 15 is 0 Å². The van der Waals surface area contributed by atoms with Gasteiger partial charge in [0.25, 0.3) is 0 Å². The van der Waals surface area contributed by atoms with E-state index in [1.807, 2.05) is 0 Å². The van der Waals surface area contributed by atoms with Crippen LogP contribution in [0.1, 0.15) is 48.5 Å². The zero-order valence-electron chi connectivity index (χ0n) is 14.7. The SMILES string of the molecule is O=C(O)c1cn(C2CC2)c2c(Cl)c(N[C@@H]3CCCCNC3)c(F)cc2c1=O. The minimum absolute atomic E-state index is 0.00819. The lowest BCUT2D eigenvalue weighted by Gasteiger charge is -2.21. The van der Waals surface area contributed by atoms with Crippen molar-refractivity contribution in [1.29, 1.82) is 0 Å². The Morgan fingerprint density at radius 2 is 2.11 bits per heavy atom.